The first kappa shape index (κ1) is 22.2. The first-order valence-electron chi connectivity index (χ1n) is 11.7. The van der Waals surface area contributed by atoms with Crippen LogP contribution in [0.15, 0.2) is 42.5 Å². The molecule has 0 atom stereocenters. The number of carbonyl (C=O) groups excluding carboxylic acids is 1. The van der Waals surface area contributed by atoms with E-state index in [4.69, 9.17) is 14.7 Å². The summed E-state index contributed by atoms with van der Waals surface area (Å²) in [6.07, 6.45) is 1.85. The summed E-state index contributed by atoms with van der Waals surface area (Å²) in [5, 5.41) is 16.5. The zero-order valence-corrected chi connectivity index (χ0v) is 19.5. The fourth-order valence-electron chi connectivity index (χ4n) is 4.60. The molecule has 34 heavy (non-hydrogen) atoms. The van der Waals surface area contributed by atoms with Crippen LogP contribution in [0.4, 0.5) is 0 Å². The lowest BCUT2D eigenvalue weighted by Gasteiger charge is -2.39. The van der Waals surface area contributed by atoms with E-state index in [0.717, 1.165) is 40.8 Å². The Kier molecular flexibility index (Phi) is 6.08. The largest absolute Gasteiger partial charge is 0.473 e. The highest BCUT2D eigenvalue weighted by atomic mass is 16.5. The van der Waals surface area contributed by atoms with Gasteiger partial charge in [0.1, 0.15) is 6.10 Å². The lowest BCUT2D eigenvalue weighted by molar-refractivity contribution is 0.0234. The van der Waals surface area contributed by atoms with E-state index in [-0.39, 0.29) is 12.0 Å². The molecule has 7 heteroatoms. The minimum Gasteiger partial charge on any atom is -0.473 e. The van der Waals surface area contributed by atoms with Gasteiger partial charge in [0.2, 0.25) is 5.88 Å². The molecule has 0 unspecified atom stereocenters. The quantitative estimate of drug-likeness (QED) is 0.616. The van der Waals surface area contributed by atoms with Crippen molar-refractivity contribution in [3.05, 3.63) is 70.3 Å². The van der Waals surface area contributed by atoms with Gasteiger partial charge < -0.3 is 14.4 Å². The number of benzene rings is 2. The van der Waals surface area contributed by atoms with E-state index in [0.29, 0.717) is 49.2 Å². The molecule has 0 spiro atoms. The Morgan fingerprint density at radius 3 is 2.59 bits per heavy atom. The zero-order chi connectivity index (χ0) is 23.7. The molecule has 2 saturated heterocycles. The van der Waals surface area contributed by atoms with Gasteiger partial charge in [-0.2, -0.15) is 5.26 Å². The van der Waals surface area contributed by atoms with Crippen LogP contribution in [0.3, 0.4) is 0 Å². The first-order valence-corrected chi connectivity index (χ1v) is 11.7. The number of hydrogen-bond donors (Lipinski definition) is 1. The number of likely N-dealkylation sites (tertiary alicyclic amines) is 1. The van der Waals surface area contributed by atoms with Crippen LogP contribution >= 0.6 is 0 Å². The molecular formula is C27H28N4O3. The molecule has 2 aliphatic rings. The third-order valence-electron chi connectivity index (χ3n) is 6.85. The Balaban J connectivity index is 1.29. The summed E-state index contributed by atoms with van der Waals surface area (Å²) in [6.45, 7) is 6.83. The molecule has 2 fully saturated rings. The van der Waals surface area contributed by atoms with Crippen molar-refractivity contribution in [3.8, 4) is 23.2 Å². The molecule has 0 aliphatic carbocycles. The Bertz CT molecular complexity index is 1230. The molecule has 5 rings (SSSR count). The molecule has 0 saturated carbocycles. The maximum atomic E-state index is 13.2. The van der Waals surface area contributed by atoms with Gasteiger partial charge >= 0.3 is 0 Å². The predicted octanol–water partition coefficient (Wildman–Crippen LogP) is 4.36. The van der Waals surface area contributed by atoms with Gasteiger partial charge in [0.25, 0.3) is 5.91 Å². The maximum absolute atomic E-state index is 13.2. The van der Waals surface area contributed by atoms with Crippen molar-refractivity contribution in [3.63, 3.8) is 0 Å². The van der Waals surface area contributed by atoms with E-state index in [1.165, 1.54) is 0 Å². The van der Waals surface area contributed by atoms with Gasteiger partial charge in [0, 0.05) is 48.5 Å². The average Bonchev–Trinajstić information content (AvgIpc) is 3.19. The molecule has 0 radical (unpaired) electrons. The Morgan fingerprint density at radius 1 is 1.15 bits per heavy atom. The average molecular weight is 457 g/mol. The van der Waals surface area contributed by atoms with Crippen LogP contribution in [0.2, 0.25) is 0 Å². The van der Waals surface area contributed by atoms with Gasteiger partial charge in [-0.1, -0.05) is 18.2 Å². The number of nitrogens with zero attached hydrogens (tertiary/aromatic N) is 3. The Morgan fingerprint density at radius 2 is 1.88 bits per heavy atom. The van der Waals surface area contributed by atoms with Crippen LogP contribution < -0.4 is 4.74 Å². The number of nitrogens with one attached hydrogen (secondary N) is 1. The van der Waals surface area contributed by atoms with Crippen molar-refractivity contribution in [1.29, 1.82) is 5.26 Å². The van der Waals surface area contributed by atoms with Gasteiger partial charge in [-0.15, -0.1) is 5.10 Å². The molecule has 174 valence electrons. The van der Waals surface area contributed by atoms with Crippen molar-refractivity contribution in [2.45, 2.75) is 38.7 Å². The van der Waals surface area contributed by atoms with Crippen LogP contribution in [0.1, 0.15) is 51.4 Å². The summed E-state index contributed by atoms with van der Waals surface area (Å²) in [4.78, 5) is 15.0. The topological polar surface area (TPSA) is 91.2 Å². The summed E-state index contributed by atoms with van der Waals surface area (Å²) in [6, 6.07) is 15.6. The fraction of sp³-hybridized carbons (Fsp3) is 0.370. The lowest BCUT2D eigenvalue weighted by atomic mass is 9.90. The van der Waals surface area contributed by atoms with E-state index in [1.54, 1.807) is 0 Å². The van der Waals surface area contributed by atoms with Crippen LogP contribution in [0.25, 0.3) is 11.3 Å². The van der Waals surface area contributed by atoms with E-state index in [1.807, 2.05) is 61.2 Å². The number of carbonyl (C=O) groups is 1. The third kappa shape index (κ3) is 4.29. The molecule has 2 aliphatic heterocycles. The number of H-pyrrole nitrogens is 1. The molecule has 2 aromatic carbocycles. The third-order valence-corrected chi connectivity index (χ3v) is 6.85. The maximum Gasteiger partial charge on any atom is 0.253 e. The van der Waals surface area contributed by atoms with Gasteiger partial charge in [-0.3, -0.25) is 9.89 Å². The highest BCUT2D eigenvalue weighted by Gasteiger charge is 2.32. The van der Waals surface area contributed by atoms with E-state index in [9.17, 15) is 4.79 Å². The monoisotopic (exact) mass is 456 g/mol. The molecule has 3 aromatic rings. The first-order chi connectivity index (χ1) is 16.5. The standard InChI is InChI=1S/C27H28N4O3/c1-17-3-6-21(27(32)31-15-22(16-31)20-7-4-19(14-28)5-8-20)13-24(17)25-18(2)26(30-29-25)34-23-9-11-33-12-10-23/h3-8,13,22-23H,9-12,15-16H2,1-2H3,(H,29,30). The van der Waals surface area contributed by atoms with Crippen molar-refractivity contribution >= 4 is 5.91 Å². The van der Waals surface area contributed by atoms with Gasteiger partial charge in [-0.05, 0) is 49.2 Å². The smallest absolute Gasteiger partial charge is 0.253 e. The summed E-state index contributed by atoms with van der Waals surface area (Å²) in [5.74, 6) is 0.953. The van der Waals surface area contributed by atoms with Crippen molar-refractivity contribution in [1.82, 2.24) is 15.1 Å². The van der Waals surface area contributed by atoms with E-state index in [2.05, 4.69) is 16.3 Å². The zero-order valence-electron chi connectivity index (χ0n) is 19.5. The predicted molar refractivity (Wildman–Crippen MR) is 128 cm³/mol. The van der Waals surface area contributed by atoms with Crippen LogP contribution in [-0.2, 0) is 4.74 Å². The molecule has 1 aromatic heterocycles. The minimum atomic E-state index is 0.0296. The number of aromatic nitrogens is 2. The second-order valence-electron chi connectivity index (χ2n) is 9.13. The minimum absolute atomic E-state index is 0.0296. The highest BCUT2D eigenvalue weighted by molar-refractivity contribution is 5.96. The van der Waals surface area contributed by atoms with Crippen molar-refractivity contribution < 1.29 is 14.3 Å². The van der Waals surface area contributed by atoms with Crippen molar-refractivity contribution in [2.75, 3.05) is 26.3 Å². The molecule has 1 amide bonds. The van der Waals surface area contributed by atoms with Gasteiger partial charge in [-0.25, -0.2) is 0 Å². The number of ether oxygens (including phenoxy) is 2. The van der Waals surface area contributed by atoms with Crippen LogP contribution in [0, 0.1) is 25.2 Å². The number of hydrogen-bond acceptors (Lipinski definition) is 5. The van der Waals surface area contributed by atoms with Gasteiger partial charge in [0.15, 0.2) is 0 Å². The SMILES string of the molecule is Cc1ccc(C(=O)N2CC(c3ccc(C#N)cc3)C2)cc1-c1[nH]nc(OC2CCOCC2)c1C. The van der Waals surface area contributed by atoms with E-state index < -0.39 is 0 Å². The number of nitriles is 1. The molecule has 3 heterocycles. The highest BCUT2D eigenvalue weighted by Crippen LogP contribution is 2.33. The Hall–Kier alpha value is -3.63. The van der Waals surface area contributed by atoms with Crippen LogP contribution in [-0.4, -0.2) is 53.4 Å². The molecular weight excluding hydrogens is 428 g/mol. The lowest BCUT2D eigenvalue weighted by Crippen LogP contribution is -2.48. The number of aromatic amines is 1. The summed E-state index contributed by atoms with van der Waals surface area (Å²) in [5.41, 5.74) is 6.34. The summed E-state index contributed by atoms with van der Waals surface area (Å²) in [7, 11) is 0. The number of amides is 1. The normalized spacial score (nSPS) is 16.7. The second kappa shape index (κ2) is 9.32. The van der Waals surface area contributed by atoms with Crippen LogP contribution in [0.5, 0.6) is 5.88 Å². The summed E-state index contributed by atoms with van der Waals surface area (Å²) < 4.78 is 11.5. The Labute approximate surface area is 199 Å². The van der Waals surface area contributed by atoms with Crippen molar-refractivity contribution in [2.24, 2.45) is 0 Å². The second-order valence-corrected chi connectivity index (χ2v) is 9.13. The molecule has 0 bridgehead atoms. The number of aryl methyl sites for hydroxylation is 1. The van der Waals surface area contributed by atoms with Gasteiger partial charge in [0.05, 0.1) is 30.5 Å². The molecule has 7 nitrogen and oxygen atoms in total. The fourth-order valence-corrected chi connectivity index (χ4v) is 4.60. The van der Waals surface area contributed by atoms with E-state index >= 15 is 0 Å². The number of rotatable bonds is 5. The molecule has 1 N–H and O–H groups in total. The summed E-state index contributed by atoms with van der Waals surface area (Å²) >= 11 is 0.